The number of hydrogen-bond donors (Lipinski definition) is 2. The molecule has 10 heavy (non-hydrogen) atoms. The van der Waals surface area contributed by atoms with Crippen molar-refractivity contribution in [1.82, 2.24) is 0 Å². The maximum Gasteiger partial charge on any atom is 0.0460 e. The van der Waals surface area contributed by atoms with E-state index >= 15 is 0 Å². The van der Waals surface area contributed by atoms with E-state index < -0.39 is 0 Å². The lowest BCUT2D eigenvalue weighted by Gasteiger charge is -2.06. The molecular weight excluding hydrogens is 128 g/mol. The highest BCUT2D eigenvalue weighted by atomic mass is 16.3. The average Bonchev–Trinajstić information content (AvgIpc) is 2.04. The Morgan fingerprint density at radius 3 is 1.90 bits per heavy atom. The number of aliphatic hydroxyl groups excluding tert-OH is 2. The van der Waals surface area contributed by atoms with Gasteiger partial charge in [0, 0.05) is 13.2 Å². The molecule has 0 amide bonds. The van der Waals surface area contributed by atoms with Crippen LogP contribution in [0, 0.1) is 5.92 Å². The van der Waals surface area contributed by atoms with E-state index in [-0.39, 0.29) is 13.2 Å². The molecule has 0 aromatic rings. The van der Waals surface area contributed by atoms with Crippen LogP contribution in [0.5, 0.6) is 0 Å². The van der Waals surface area contributed by atoms with E-state index in [0.29, 0.717) is 5.92 Å². The van der Waals surface area contributed by atoms with E-state index in [4.69, 9.17) is 10.2 Å². The van der Waals surface area contributed by atoms with Crippen molar-refractivity contribution in [2.24, 2.45) is 5.92 Å². The van der Waals surface area contributed by atoms with Crippen LogP contribution in [0.15, 0.2) is 13.2 Å². The smallest absolute Gasteiger partial charge is 0.0460 e. The minimum absolute atomic E-state index is 0.194. The van der Waals surface area contributed by atoms with Gasteiger partial charge >= 0.3 is 0 Å². The summed E-state index contributed by atoms with van der Waals surface area (Å²) in [6, 6.07) is 0. The van der Waals surface area contributed by atoms with Crippen molar-refractivity contribution in [1.29, 1.82) is 0 Å². The normalized spacial score (nSPS) is 11.5. The topological polar surface area (TPSA) is 40.5 Å². The van der Waals surface area contributed by atoms with Crippen LogP contribution in [0.4, 0.5) is 0 Å². The number of aliphatic hydroxyl groups is 2. The Balaban J connectivity index is 0. The first-order valence-electron chi connectivity index (χ1n) is 3.56. The molecule has 0 spiro atoms. The molecule has 0 saturated carbocycles. The molecule has 0 aliphatic heterocycles. The Morgan fingerprint density at radius 1 is 1.30 bits per heavy atom. The molecule has 2 N–H and O–H groups in total. The Morgan fingerprint density at radius 2 is 1.80 bits per heavy atom. The molecule has 2 heteroatoms. The minimum atomic E-state index is 0.194. The van der Waals surface area contributed by atoms with Crippen molar-refractivity contribution < 1.29 is 10.2 Å². The van der Waals surface area contributed by atoms with Gasteiger partial charge < -0.3 is 10.2 Å². The molecule has 1 unspecified atom stereocenters. The molecule has 0 bridgehead atoms. The van der Waals surface area contributed by atoms with E-state index in [2.05, 4.69) is 13.2 Å². The molecule has 0 fully saturated rings. The lowest BCUT2D eigenvalue weighted by molar-refractivity contribution is 0.180. The molecule has 0 aliphatic carbocycles. The fourth-order valence-electron chi connectivity index (χ4n) is 0.607. The lowest BCUT2D eigenvalue weighted by Crippen LogP contribution is -2.05. The first-order valence-corrected chi connectivity index (χ1v) is 3.56. The summed E-state index contributed by atoms with van der Waals surface area (Å²) < 4.78 is 0. The highest BCUT2D eigenvalue weighted by Crippen LogP contribution is 2.04. The molecule has 0 heterocycles. The maximum atomic E-state index is 8.55. The van der Waals surface area contributed by atoms with Crippen LogP contribution in [0.25, 0.3) is 0 Å². The van der Waals surface area contributed by atoms with Crippen molar-refractivity contribution in [3.05, 3.63) is 13.2 Å². The minimum Gasteiger partial charge on any atom is -0.396 e. The van der Waals surface area contributed by atoms with Gasteiger partial charge in [0.05, 0.1) is 0 Å². The van der Waals surface area contributed by atoms with Gasteiger partial charge in [-0.3, -0.25) is 0 Å². The lowest BCUT2D eigenvalue weighted by atomic mass is 10.1. The zero-order valence-corrected chi connectivity index (χ0v) is 6.71. The molecule has 0 aromatic carbocycles. The molecule has 0 aromatic heterocycles. The molecule has 0 rings (SSSR count). The largest absolute Gasteiger partial charge is 0.396 e. The van der Waals surface area contributed by atoms with E-state index in [9.17, 15) is 0 Å². The molecule has 0 radical (unpaired) electrons. The van der Waals surface area contributed by atoms with Crippen LogP contribution < -0.4 is 0 Å². The summed E-state index contributed by atoms with van der Waals surface area (Å²) in [7, 11) is 0. The van der Waals surface area contributed by atoms with E-state index in [1.807, 2.05) is 6.92 Å². The highest BCUT2D eigenvalue weighted by molar-refractivity contribution is 4.52. The van der Waals surface area contributed by atoms with Gasteiger partial charge in [0.15, 0.2) is 0 Å². The van der Waals surface area contributed by atoms with Crippen LogP contribution in [-0.4, -0.2) is 23.4 Å². The summed E-state index contributed by atoms with van der Waals surface area (Å²) in [5, 5.41) is 16.9. The zero-order valence-electron chi connectivity index (χ0n) is 6.71. The van der Waals surface area contributed by atoms with Crippen molar-refractivity contribution in [2.45, 2.75) is 19.8 Å². The molecule has 62 valence electrons. The van der Waals surface area contributed by atoms with Gasteiger partial charge in [-0.1, -0.05) is 13.3 Å². The van der Waals surface area contributed by atoms with Crippen LogP contribution in [0.1, 0.15) is 19.8 Å². The molecule has 0 saturated heterocycles. The monoisotopic (exact) mass is 146 g/mol. The van der Waals surface area contributed by atoms with Crippen LogP contribution in [-0.2, 0) is 0 Å². The van der Waals surface area contributed by atoms with Crippen molar-refractivity contribution in [3.63, 3.8) is 0 Å². The van der Waals surface area contributed by atoms with E-state index in [1.54, 1.807) is 0 Å². The average molecular weight is 146 g/mol. The first kappa shape index (κ1) is 12.3. The van der Waals surface area contributed by atoms with E-state index in [0.717, 1.165) is 12.8 Å². The fourth-order valence-corrected chi connectivity index (χ4v) is 0.607. The van der Waals surface area contributed by atoms with Gasteiger partial charge in [-0.15, -0.1) is 13.2 Å². The first-order chi connectivity index (χ1) is 4.85. The molecule has 2 nitrogen and oxygen atoms in total. The Labute approximate surface area is 63.2 Å². The quantitative estimate of drug-likeness (QED) is 0.585. The Kier molecular flexibility index (Phi) is 14.1. The standard InChI is InChI=1S/C6H14O2.C2H4/c1-2-6(5-8)3-4-7;1-2/h6-8H,2-5H2,1H3;1-2H2. The number of rotatable bonds is 4. The summed E-state index contributed by atoms with van der Waals surface area (Å²) in [6.07, 6.45) is 1.68. The van der Waals surface area contributed by atoms with Crippen LogP contribution in [0.3, 0.4) is 0 Å². The van der Waals surface area contributed by atoms with Crippen molar-refractivity contribution in [2.75, 3.05) is 13.2 Å². The summed E-state index contributed by atoms with van der Waals surface area (Å²) in [6.45, 7) is 8.41. The predicted molar refractivity (Wildman–Crippen MR) is 43.8 cm³/mol. The van der Waals surface area contributed by atoms with Gasteiger partial charge in [-0.05, 0) is 12.3 Å². The SMILES string of the molecule is C=C.CCC(CO)CCO. The second-order valence-corrected chi connectivity index (χ2v) is 1.97. The fraction of sp³-hybridized carbons (Fsp3) is 0.750. The van der Waals surface area contributed by atoms with Gasteiger partial charge in [0.1, 0.15) is 0 Å². The number of hydrogen-bond acceptors (Lipinski definition) is 2. The zero-order chi connectivity index (χ0) is 8.41. The Bertz CT molecular complexity index is 51.2. The third-order valence-corrected chi connectivity index (χ3v) is 1.37. The van der Waals surface area contributed by atoms with Gasteiger partial charge in [0.25, 0.3) is 0 Å². The molecule has 0 aliphatic rings. The van der Waals surface area contributed by atoms with Crippen molar-refractivity contribution >= 4 is 0 Å². The molecule has 1 atom stereocenters. The van der Waals surface area contributed by atoms with Crippen LogP contribution in [0.2, 0.25) is 0 Å². The highest BCUT2D eigenvalue weighted by Gasteiger charge is 2.00. The van der Waals surface area contributed by atoms with E-state index in [1.165, 1.54) is 0 Å². The summed E-state index contributed by atoms with van der Waals surface area (Å²) in [5.41, 5.74) is 0. The third kappa shape index (κ3) is 7.66. The summed E-state index contributed by atoms with van der Waals surface area (Å²) in [5.74, 6) is 0.306. The predicted octanol–water partition coefficient (Wildman–Crippen LogP) is 1.19. The second kappa shape index (κ2) is 11.5. The second-order valence-electron chi connectivity index (χ2n) is 1.97. The summed E-state index contributed by atoms with van der Waals surface area (Å²) >= 11 is 0. The van der Waals surface area contributed by atoms with Crippen molar-refractivity contribution in [3.8, 4) is 0 Å². The Hall–Kier alpha value is -0.340. The maximum absolute atomic E-state index is 8.55. The molecular formula is C8H18O2. The van der Waals surface area contributed by atoms with Gasteiger partial charge in [-0.25, -0.2) is 0 Å². The third-order valence-electron chi connectivity index (χ3n) is 1.37. The van der Waals surface area contributed by atoms with Gasteiger partial charge in [0.2, 0.25) is 0 Å². The summed E-state index contributed by atoms with van der Waals surface area (Å²) in [4.78, 5) is 0. The van der Waals surface area contributed by atoms with Gasteiger partial charge in [-0.2, -0.15) is 0 Å². The van der Waals surface area contributed by atoms with Crippen LogP contribution >= 0.6 is 0 Å².